The molecule has 5 aromatic rings. The number of nitrogens with zero attached hydrogens (tertiary/aromatic N) is 3. The van der Waals surface area contributed by atoms with E-state index in [1.807, 2.05) is 37.6 Å². The van der Waals surface area contributed by atoms with E-state index in [0.29, 0.717) is 32.7 Å². The number of rotatable bonds is 7. The number of aliphatic hydroxyl groups is 1. The van der Waals surface area contributed by atoms with E-state index >= 15 is 0 Å². The molecule has 0 aliphatic rings. The van der Waals surface area contributed by atoms with Gasteiger partial charge in [0, 0.05) is 47.5 Å². The lowest BCUT2D eigenvalue weighted by atomic mass is 9.98. The lowest BCUT2D eigenvalue weighted by Gasteiger charge is -2.14. The Morgan fingerprint density at radius 3 is 2.51 bits per heavy atom. The van der Waals surface area contributed by atoms with Gasteiger partial charge in [0.15, 0.2) is 0 Å². The molecule has 3 heterocycles. The number of ketones is 1. The second kappa shape index (κ2) is 11.1. The molecule has 2 N–H and O–H groups in total. The first-order valence-electron chi connectivity index (χ1n) is 12.5. The number of benzene rings is 2. The number of imidazole rings is 1. The Balaban J connectivity index is 1.63. The van der Waals surface area contributed by atoms with Crippen molar-refractivity contribution in [1.82, 2.24) is 14.0 Å². The number of carbonyl (C=O) groups is 2. The quantitative estimate of drug-likeness (QED) is 0.127. The van der Waals surface area contributed by atoms with E-state index < -0.39 is 35.6 Å². The SMILES string of the molecule is Cc1cc2c(nc(C)n2C)c(Cl)c1-c1cccn2c(C(=O)c3cc(F)c(NC(=O)/C=C/CCl)c(F)c3)cc(CO)c12. The van der Waals surface area contributed by atoms with E-state index in [1.54, 1.807) is 16.7 Å². The number of aryl methyl sites for hydroxylation is 3. The monoisotopic (exact) mass is 596 g/mol. The molecule has 7 nitrogen and oxygen atoms in total. The highest BCUT2D eigenvalue weighted by molar-refractivity contribution is 6.38. The number of hydrogen-bond acceptors (Lipinski definition) is 4. The minimum absolute atomic E-state index is 0.0534. The van der Waals surface area contributed by atoms with Crippen LogP contribution in [-0.2, 0) is 18.4 Å². The van der Waals surface area contributed by atoms with E-state index in [4.69, 9.17) is 23.2 Å². The van der Waals surface area contributed by atoms with Crippen LogP contribution < -0.4 is 5.32 Å². The van der Waals surface area contributed by atoms with Gasteiger partial charge in [-0.2, -0.15) is 0 Å². The Morgan fingerprint density at radius 2 is 1.85 bits per heavy atom. The number of aromatic nitrogens is 3. The zero-order valence-corrected chi connectivity index (χ0v) is 23.7. The fourth-order valence-electron chi connectivity index (χ4n) is 4.98. The fraction of sp³-hybridized carbons (Fsp3) is 0.167. The molecule has 5 rings (SSSR count). The summed E-state index contributed by atoms with van der Waals surface area (Å²) in [7, 11) is 1.90. The first-order chi connectivity index (χ1) is 19.6. The van der Waals surface area contributed by atoms with Crippen LogP contribution in [0.15, 0.2) is 54.7 Å². The Hall–Kier alpha value is -4.05. The number of fused-ring (bicyclic) bond motifs is 2. The molecule has 2 aromatic carbocycles. The van der Waals surface area contributed by atoms with Crippen molar-refractivity contribution in [2.24, 2.45) is 7.05 Å². The molecule has 41 heavy (non-hydrogen) atoms. The average Bonchev–Trinajstić information content (AvgIpc) is 3.46. The molecule has 210 valence electrons. The topological polar surface area (TPSA) is 88.6 Å². The van der Waals surface area contributed by atoms with Gasteiger partial charge < -0.3 is 19.4 Å². The molecular weight excluding hydrogens is 573 g/mol. The number of hydrogen-bond donors (Lipinski definition) is 2. The maximum atomic E-state index is 14.9. The van der Waals surface area contributed by atoms with E-state index in [1.165, 1.54) is 12.1 Å². The molecule has 0 fully saturated rings. The number of carbonyl (C=O) groups excluding carboxylic acids is 2. The van der Waals surface area contributed by atoms with Gasteiger partial charge in [0.25, 0.3) is 0 Å². The summed E-state index contributed by atoms with van der Waals surface area (Å²) < 4.78 is 33.2. The minimum Gasteiger partial charge on any atom is -0.392 e. The normalized spacial score (nSPS) is 11.7. The van der Waals surface area contributed by atoms with Gasteiger partial charge in [-0.3, -0.25) is 9.59 Å². The van der Waals surface area contributed by atoms with E-state index in [-0.39, 0.29) is 17.1 Å². The summed E-state index contributed by atoms with van der Waals surface area (Å²) in [5.74, 6) is -2.85. The summed E-state index contributed by atoms with van der Waals surface area (Å²) in [5, 5.41) is 12.8. The van der Waals surface area contributed by atoms with Gasteiger partial charge in [-0.15, -0.1) is 11.6 Å². The number of halogens is 4. The molecular formula is C30H24Cl2F2N4O3. The summed E-state index contributed by atoms with van der Waals surface area (Å²) in [6.07, 6.45) is 3.99. The summed E-state index contributed by atoms with van der Waals surface area (Å²) in [6.45, 7) is 3.39. The minimum atomic E-state index is -1.12. The number of nitrogens with one attached hydrogen (secondary N) is 1. The Morgan fingerprint density at radius 1 is 1.15 bits per heavy atom. The highest BCUT2D eigenvalue weighted by atomic mass is 35.5. The number of allylic oxidation sites excluding steroid dienone is 1. The molecule has 0 radical (unpaired) electrons. The molecule has 0 spiro atoms. The van der Waals surface area contributed by atoms with Crippen molar-refractivity contribution < 1.29 is 23.5 Å². The number of amides is 1. The highest BCUT2D eigenvalue weighted by Crippen LogP contribution is 2.40. The Bertz CT molecular complexity index is 1890. The first-order valence-corrected chi connectivity index (χ1v) is 13.4. The molecule has 0 bridgehead atoms. The van der Waals surface area contributed by atoms with Crippen LogP contribution in [0, 0.1) is 25.5 Å². The predicted molar refractivity (Wildman–Crippen MR) is 156 cm³/mol. The molecule has 0 aliphatic heterocycles. The second-order valence-electron chi connectivity index (χ2n) is 9.51. The second-order valence-corrected chi connectivity index (χ2v) is 10.2. The summed E-state index contributed by atoms with van der Waals surface area (Å²) in [5.41, 5.74) is 3.76. The van der Waals surface area contributed by atoms with E-state index in [2.05, 4.69) is 10.3 Å². The molecule has 0 saturated heterocycles. The smallest absolute Gasteiger partial charge is 0.248 e. The molecule has 0 atom stereocenters. The van der Waals surface area contributed by atoms with Crippen molar-refractivity contribution in [3.8, 4) is 11.1 Å². The predicted octanol–water partition coefficient (Wildman–Crippen LogP) is 6.50. The third kappa shape index (κ3) is 4.90. The number of pyridine rings is 1. The van der Waals surface area contributed by atoms with Gasteiger partial charge in [-0.05, 0) is 49.7 Å². The van der Waals surface area contributed by atoms with Crippen LogP contribution in [0.5, 0.6) is 0 Å². The molecule has 0 unspecified atom stereocenters. The van der Waals surface area contributed by atoms with Crippen molar-refractivity contribution in [2.75, 3.05) is 11.2 Å². The van der Waals surface area contributed by atoms with Crippen LogP contribution >= 0.6 is 23.2 Å². The number of alkyl halides is 1. The van der Waals surface area contributed by atoms with Crippen LogP contribution in [0.25, 0.3) is 27.7 Å². The fourth-order valence-corrected chi connectivity index (χ4v) is 5.46. The lowest BCUT2D eigenvalue weighted by Crippen LogP contribution is -2.13. The van der Waals surface area contributed by atoms with Crippen LogP contribution in [0.1, 0.15) is 33.0 Å². The van der Waals surface area contributed by atoms with Crippen molar-refractivity contribution in [2.45, 2.75) is 20.5 Å². The van der Waals surface area contributed by atoms with Crippen LogP contribution in [0.3, 0.4) is 0 Å². The summed E-state index contributed by atoms with van der Waals surface area (Å²) in [4.78, 5) is 30.1. The average molecular weight is 597 g/mol. The molecule has 11 heteroatoms. The van der Waals surface area contributed by atoms with Crippen LogP contribution in [0.4, 0.5) is 14.5 Å². The van der Waals surface area contributed by atoms with E-state index in [0.717, 1.165) is 35.1 Å². The third-order valence-corrected chi connectivity index (χ3v) is 7.54. The molecule has 0 saturated carbocycles. The summed E-state index contributed by atoms with van der Waals surface area (Å²) in [6, 6.07) is 8.71. The first kappa shape index (κ1) is 28.5. The van der Waals surface area contributed by atoms with Gasteiger partial charge in [-0.25, -0.2) is 13.8 Å². The number of aliphatic hydroxyl groups excluding tert-OH is 1. The molecule has 3 aromatic heterocycles. The Labute approximate surface area is 243 Å². The van der Waals surface area contributed by atoms with Gasteiger partial charge in [0.05, 0.1) is 28.4 Å². The molecule has 0 aliphatic carbocycles. The zero-order valence-electron chi connectivity index (χ0n) is 22.2. The van der Waals surface area contributed by atoms with Crippen LogP contribution in [-0.4, -0.2) is 36.6 Å². The largest absolute Gasteiger partial charge is 0.392 e. The molecule has 1 amide bonds. The van der Waals surface area contributed by atoms with Crippen molar-refractivity contribution in [3.63, 3.8) is 0 Å². The van der Waals surface area contributed by atoms with Crippen molar-refractivity contribution in [1.29, 1.82) is 0 Å². The highest BCUT2D eigenvalue weighted by Gasteiger charge is 2.24. The maximum Gasteiger partial charge on any atom is 0.248 e. The summed E-state index contributed by atoms with van der Waals surface area (Å²) >= 11 is 12.4. The van der Waals surface area contributed by atoms with Gasteiger partial charge >= 0.3 is 0 Å². The lowest BCUT2D eigenvalue weighted by molar-refractivity contribution is -0.112. The van der Waals surface area contributed by atoms with Crippen molar-refractivity contribution in [3.05, 3.63) is 99.6 Å². The zero-order chi connectivity index (χ0) is 29.6. The maximum absolute atomic E-state index is 14.9. The van der Waals surface area contributed by atoms with E-state index in [9.17, 15) is 23.5 Å². The Kier molecular flexibility index (Phi) is 7.70. The standard InChI is InChI=1S/C30H24Cl2F2N4O3/c1-15-10-22-28(35-16(2)37(22)3)26(32)25(15)19-6-5-9-38-23(13-18(14-39)29(19)38)30(41)17-11-20(33)27(21(34)12-17)36-24(40)7-4-8-31/h4-7,9-13,39H,8,14H2,1-3H3,(H,36,40)/b7-4+. The van der Waals surface area contributed by atoms with Gasteiger partial charge in [0.2, 0.25) is 11.7 Å². The van der Waals surface area contributed by atoms with Gasteiger partial charge in [-0.1, -0.05) is 23.7 Å². The van der Waals surface area contributed by atoms with Crippen LogP contribution in [0.2, 0.25) is 5.02 Å². The van der Waals surface area contributed by atoms with Crippen molar-refractivity contribution >= 4 is 57.1 Å². The third-order valence-electron chi connectivity index (χ3n) is 6.99. The van der Waals surface area contributed by atoms with Gasteiger partial charge in [0.1, 0.15) is 28.7 Å². The number of anilines is 1.